The van der Waals surface area contributed by atoms with Crippen LogP contribution in [0.15, 0.2) is 36.5 Å². The maximum atomic E-state index is 4.51. The lowest BCUT2D eigenvalue weighted by Crippen LogP contribution is -2.33. The van der Waals surface area contributed by atoms with E-state index >= 15 is 0 Å². The lowest BCUT2D eigenvalue weighted by atomic mass is 10.1. The number of hydrogen-bond acceptors (Lipinski definition) is 3. The van der Waals surface area contributed by atoms with Gasteiger partial charge >= 0.3 is 0 Å². The number of aromatic nitrogens is 1. The maximum Gasteiger partial charge on any atom is 0.0703 e. The zero-order valence-electron chi connectivity index (χ0n) is 10.1. The van der Waals surface area contributed by atoms with Crippen molar-refractivity contribution in [1.82, 2.24) is 10.3 Å². The topological polar surface area (TPSA) is 28.2 Å². The van der Waals surface area contributed by atoms with Crippen molar-refractivity contribution in [3.8, 4) is 0 Å². The third-order valence-corrected chi connectivity index (χ3v) is 3.57. The van der Waals surface area contributed by atoms with E-state index in [1.54, 1.807) is 0 Å². The fraction of sp³-hybridized carbons (Fsp3) is 0.357. The summed E-state index contributed by atoms with van der Waals surface area (Å²) in [5.74, 6) is 0. The zero-order valence-corrected chi connectivity index (χ0v) is 10.1. The van der Waals surface area contributed by atoms with Crippen LogP contribution in [0.5, 0.6) is 0 Å². The first-order chi connectivity index (χ1) is 8.34. The van der Waals surface area contributed by atoms with Gasteiger partial charge in [-0.2, -0.15) is 0 Å². The molecule has 1 N–H and O–H groups in total. The van der Waals surface area contributed by atoms with Crippen LogP contribution < -0.4 is 10.2 Å². The number of nitrogens with zero attached hydrogens (tertiary/aromatic N) is 2. The first-order valence-corrected chi connectivity index (χ1v) is 6.13. The number of likely N-dealkylation sites (N-methyl/N-ethyl adjacent to an activating group) is 1. The van der Waals surface area contributed by atoms with E-state index < -0.39 is 0 Å². The minimum atomic E-state index is 0.595. The van der Waals surface area contributed by atoms with Crippen LogP contribution in [-0.4, -0.2) is 31.2 Å². The number of anilines is 1. The molecule has 17 heavy (non-hydrogen) atoms. The Balaban J connectivity index is 1.94. The van der Waals surface area contributed by atoms with Gasteiger partial charge in [-0.05, 0) is 25.1 Å². The molecule has 1 atom stereocenters. The highest BCUT2D eigenvalue weighted by molar-refractivity contribution is 5.81. The smallest absolute Gasteiger partial charge is 0.0703 e. The van der Waals surface area contributed by atoms with Gasteiger partial charge in [0.1, 0.15) is 0 Å². The van der Waals surface area contributed by atoms with Crippen molar-refractivity contribution in [1.29, 1.82) is 0 Å². The normalized spacial score (nSPS) is 19.7. The molecule has 0 bridgehead atoms. The van der Waals surface area contributed by atoms with Gasteiger partial charge in [-0.15, -0.1) is 0 Å². The van der Waals surface area contributed by atoms with Gasteiger partial charge in [0.15, 0.2) is 0 Å². The molecule has 0 saturated carbocycles. The van der Waals surface area contributed by atoms with E-state index in [9.17, 15) is 0 Å². The molecule has 2 heterocycles. The molecule has 3 rings (SSSR count). The van der Waals surface area contributed by atoms with E-state index in [1.165, 1.54) is 17.5 Å². The maximum absolute atomic E-state index is 4.51. The predicted molar refractivity (Wildman–Crippen MR) is 71.4 cm³/mol. The molecule has 0 radical (unpaired) electrons. The second-order valence-corrected chi connectivity index (χ2v) is 4.64. The molecule has 3 heteroatoms. The Morgan fingerprint density at radius 3 is 3.06 bits per heavy atom. The third-order valence-electron chi connectivity index (χ3n) is 3.57. The van der Waals surface area contributed by atoms with Gasteiger partial charge in [-0.1, -0.05) is 18.2 Å². The summed E-state index contributed by atoms with van der Waals surface area (Å²) >= 11 is 0. The van der Waals surface area contributed by atoms with Crippen LogP contribution in [0.3, 0.4) is 0 Å². The Hall–Kier alpha value is -1.61. The Morgan fingerprint density at radius 1 is 1.35 bits per heavy atom. The zero-order chi connectivity index (χ0) is 11.7. The van der Waals surface area contributed by atoms with Gasteiger partial charge in [0.25, 0.3) is 0 Å². The molecule has 0 unspecified atom stereocenters. The first-order valence-electron chi connectivity index (χ1n) is 6.13. The highest BCUT2D eigenvalue weighted by atomic mass is 15.2. The van der Waals surface area contributed by atoms with E-state index in [-0.39, 0.29) is 0 Å². The number of rotatable bonds is 2. The van der Waals surface area contributed by atoms with Crippen molar-refractivity contribution >= 4 is 16.6 Å². The SMILES string of the molecule is CN(c1cnc2ccccc2c1)[C@H]1CCNC1. The molecule has 0 amide bonds. The lowest BCUT2D eigenvalue weighted by Gasteiger charge is -2.25. The van der Waals surface area contributed by atoms with E-state index in [0.717, 1.165) is 18.6 Å². The Kier molecular flexibility index (Phi) is 2.69. The summed E-state index contributed by atoms with van der Waals surface area (Å²) < 4.78 is 0. The molecule has 2 aromatic rings. The summed E-state index contributed by atoms with van der Waals surface area (Å²) in [4.78, 5) is 6.84. The van der Waals surface area contributed by atoms with Gasteiger partial charge in [0.2, 0.25) is 0 Å². The minimum absolute atomic E-state index is 0.595. The van der Waals surface area contributed by atoms with Crippen molar-refractivity contribution in [2.24, 2.45) is 0 Å². The van der Waals surface area contributed by atoms with Gasteiger partial charge in [-0.3, -0.25) is 4.98 Å². The summed E-state index contributed by atoms with van der Waals surface area (Å²) in [5.41, 5.74) is 2.27. The summed E-state index contributed by atoms with van der Waals surface area (Å²) in [6.45, 7) is 2.19. The van der Waals surface area contributed by atoms with Crippen molar-refractivity contribution in [3.63, 3.8) is 0 Å². The summed E-state index contributed by atoms with van der Waals surface area (Å²) in [6, 6.07) is 11.1. The van der Waals surface area contributed by atoms with Crippen molar-refractivity contribution in [2.45, 2.75) is 12.5 Å². The summed E-state index contributed by atoms with van der Waals surface area (Å²) in [5, 5.41) is 4.61. The number of fused-ring (bicyclic) bond motifs is 1. The third kappa shape index (κ3) is 1.98. The standard InChI is InChI=1S/C14H17N3/c1-17(12-6-7-15-9-12)13-8-11-4-2-3-5-14(11)16-10-13/h2-5,8,10,12,15H,6-7,9H2,1H3/t12-/m0/s1. The largest absolute Gasteiger partial charge is 0.369 e. The van der Waals surface area contributed by atoms with Gasteiger partial charge in [-0.25, -0.2) is 0 Å². The molecule has 88 valence electrons. The summed E-state index contributed by atoms with van der Waals surface area (Å²) in [7, 11) is 2.16. The Labute approximate surface area is 101 Å². The quantitative estimate of drug-likeness (QED) is 0.851. The average Bonchev–Trinajstić information content (AvgIpc) is 2.91. The van der Waals surface area contributed by atoms with Crippen LogP contribution in [0.1, 0.15) is 6.42 Å². The van der Waals surface area contributed by atoms with Crippen LogP contribution in [0.4, 0.5) is 5.69 Å². The molecule has 1 aromatic carbocycles. The Morgan fingerprint density at radius 2 is 2.24 bits per heavy atom. The monoisotopic (exact) mass is 227 g/mol. The van der Waals surface area contributed by atoms with E-state index in [2.05, 4.69) is 46.5 Å². The molecule has 0 aliphatic carbocycles. The Bertz CT molecular complexity index is 518. The van der Waals surface area contributed by atoms with Crippen molar-refractivity contribution < 1.29 is 0 Å². The highest BCUT2D eigenvalue weighted by Gasteiger charge is 2.19. The molecule has 1 aromatic heterocycles. The second-order valence-electron chi connectivity index (χ2n) is 4.64. The van der Waals surface area contributed by atoms with Crippen LogP contribution in [0.25, 0.3) is 10.9 Å². The van der Waals surface area contributed by atoms with Crippen LogP contribution in [0, 0.1) is 0 Å². The van der Waals surface area contributed by atoms with Gasteiger partial charge < -0.3 is 10.2 Å². The number of para-hydroxylation sites is 1. The molecule has 3 nitrogen and oxygen atoms in total. The van der Waals surface area contributed by atoms with Crippen LogP contribution >= 0.6 is 0 Å². The predicted octanol–water partition coefficient (Wildman–Crippen LogP) is 2.03. The number of hydrogen-bond donors (Lipinski definition) is 1. The molecular formula is C14H17N3. The first kappa shape index (κ1) is 10.5. The van der Waals surface area contributed by atoms with Crippen LogP contribution in [-0.2, 0) is 0 Å². The van der Waals surface area contributed by atoms with E-state index in [4.69, 9.17) is 0 Å². The minimum Gasteiger partial charge on any atom is -0.369 e. The molecular weight excluding hydrogens is 210 g/mol. The fourth-order valence-electron chi connectivity index (χ4n) is 2.43. The van der Waals surface area contributed by atoms with E-state index in [1.807, 2.05) is 12.3 Å². The van der Waals surface area contributed by atoms with Crippen molar-refractivity contribution in [3.05, 3.63) is 36.5 Å². The van der Waals surface area contributed by atoms with Crippen LogP contribution in [0.2, 0.25) is 0 Å². The lowest BCUT2D eigenvalue weighted by molar-refractivity contribution is 0.685. The average molecular weight is 227 g/mol. The van der Waals surface area contributed by atoms with E-state index in [0.29, 0.717) is 6.04 Å². The number of pyridine rings is 1. The molecule has 1 aliphatic heterocycles. The van der Waals surface area contributed by atoms with Gasteiger partial charge in [0, 0.05) is 25.0 Å². The number of benzene rings is 1. The molecule has 0 spiro atoms. The number of nitrogens with one attached hydrogen (secondary N) is 1. The summed E-state index contributed by atoms with van der Waals surface area (Å²) in [6.07, 6.45) is 3.18. The highest BCUT2D eigenvalue weighted by Crippen LogP contribution is 2.21. The van der Waals surface area contributed by atoms with Crippen molar-refractivity contribution in [2.75, 3.05) is 25.0 Å². The molecule has 1 saturated heterocycles. The second kappa shape index (κ2) is 4.34. The fourth-order valence-corrected chi connectivity index (χ4v) is 2.43. The molecule has 1 aliphatic rings. The van der Waals surface area contributed by atoms with Gasteiger partial charge in [0.05, 0.1) is 17.4 Å². The molecule has 1 fully saturated rings.